The zero-order valence-corrected chi connectivity index (χ0v) is 20.5. The molecule has 1 amide bonds. The van der Waals surface area contributed by atoms with E-state index in [9.17, 15) is 4.79 Å². The smallest absolute Gasteiger partial charge is 0.224 e. The van der Waals surface area contributed by atoms with Crippen molar-refractivity contribution in [2.75, 3.05) is 56.5 Å². The molecule has 0 aromatic heterocycles. The molecule has 2 fully saturated rings. The Labute approximate surface area is 196 Å². The fourth-order valence-corrected chi connectivity index (χ4v) is 4.80. The van der Waals surface area contributed by atoms with E-state index in [1.807, 2.05) is 22.7 Å². The van der Waals surface area contributed by atoms with Crippen LogP contribution in [0.5, 0.6) is 0 Å². The maximum Gasteiger partial charge on any atom is 0.224 e. The topological polar surface area (TPSA) is 60.0 Å². The van der Waals surface area contributed by atoms with Gasteiger partial charge in [0.25, 0.3) is 0 Å². The Balaban J connectivity index is 0.00000300. The van der Waals surface area contributed by atoms with Crippen LogP contribution in [-0.4, -0.2) is 73.6 Å². The van der Waals surface area contributed by atoms with Crippen molar-refractivity contribution in [3.63, 3.8) is 0 Å². The van der Waals surface area contributed by atoms with E-state index in [4.69, 9.17) is 4.99 Å². The summed E-state index contributed by atoms with van der Waals surface area (Å²) in [5.74, 6) is 2.31. The third-order valence-electron chi connectivity index (χ3n) is 5.21. The molecule has 6 nitrogen and oxygen atoms in total. The number of carbonyl (C=O) groups excluding carboxylic acids is 1. The van der Waals surface area contributed by atoms with E-state index >= 15 is 0 Å². The Morgan fingerprint density at radius 2 is 1.93 bits per heavy atom. The van der Waals surface area contributed by atoms with E-state index < -0.39 is 0 Å². The number of para-hydroxylation sites is 1. The molecule has 2 saturated heterocycles. The molecule has 0 spiro atoms. The van der Waals surface area contributed by atoms with Gasteiger partial charge in [0.05, 0.1) is 6.54 Å². The summed E-state index contributed by atoms with van der Waals surface area (Å²) < 4.78 is 0. The molecule has 0 saturated carbocycles. The van der Waals surface area contributed by atoms with Gasteiger partial charge in [-0.15, -0.1) is 24.0 Å². The first-order valence-electron chi connectivity index (χ1n) is 10.5. The van der Waals surface area contributed by atoms with Crippen molar-refractivity contribution < 1.29 is 4.79 Å². The number of piperazine rings is 1. The first-order chi connectivity index (χ1) is 13.8. The summed E-state index contributed by atoms with van der Waals surface area (Å²) >= 11 is 2.02. The number of anilines is 1. The van der Waals surface area contributed by atoms with E-state index in [2.05, 4.69) is 46.7 Å². The number of carbonyl (C=O) groups is 1. The molecule has 1 aromatic rings. The highest BCUT2D eigenvalue weighted by Crippen LogP contribution is 2.26. The number of hydrogen-bond donors (Lipinski definition) is 2. The normalized spacial score (nSPS) is 19.6. The van der Waals surface area contributed by atoms with Gasteiger partial charge in [-0.25, -0.2) is 0 Å². The molecule has 1 atom stereocenters. The van der Waals surface area contributed by atoms with Crippen LogP contribution in [-0.2, 0) is 4.79 Å². The number of guanidine groups is 1. The standard InChI is InChI=1S/C21H33N5OS.HI/c1-2-22-21(24-17-19-9-6-16-28-19)23-11-10-20(27)26-14-12-25(13-15-26)18-7-4-3-5-8-18;/h3-5,7-8,19H,2,6,9-17H2,1H3,(H2,22,23,24);1H. The Hall–Kier alpha value is -1.16. The molecule has 2 aliphatic heterocycles. The molecule has 2 heterocycles. The number of amides is 1. The van der Waals surface area contributed by atoms with Crippen LogP contribution < -0.4 is 15.5 Å². The van der Waals surface area contributed by atoms with Gasteiger partial charge in [-0.05, 0) is 37.7 Å². The molecule has 0 bridgehead atoms. The van der Waals surface area contributed by atoms with Gasteiger partial charge in [-0.2, -0.15) is 11.8 Å². The van der Waals surface area contributed by atoms with E-state index in [-0.39, 0.29) is 29.9 Å². The van der Waals surface area contributed by atoms with Gasteiger partial charge < -0.3 is 20.4 Å². The van der Waals surface area contributed by atoms with Crippen molar-refractivity contribution in [1.82, 2.24) is 15.5 Å². The maximum absolute atomic E-state index is 12.6. The molecule has 162 valence electrons. The molecule has 1 aromatic carbocycles. The quantitative estimate of drug-likeness (QED) is 0.322. The summed E-state index contributed by atoms with van der Waals surface area (Å²) in [5.41, 5.74) is 1.24. The van der Waals surface area contributed by atoms with Crippen LogP contribution in [0.15, 0.2) is 35.3 Å². The van der Waals surface area contributed by atoms with Crippen LogP contribution in [0.3, 0.4) is 0 Å². The van der Waals surface area contributed by atoms with Gasteiger partial charge in [0.15, 0.2) is 5.96 Å². The van der Waals surface area contributed by atoms with Crippen molar-refractivity contribution in [2.24, 2.45) is 4.99 Å². The highest BCUT2D eigenvalue weighted by atomic mass is 127. The summed E-state index contributed by atoms with van der Waals surface area (Å²) in [6.07, 6.45) is 3.08. The molecule has 29 heavy (non-hydrogen) atoms. The third-order valence-corrected chi connectivity index (χ3v) is 6.59. The predicted molar refractivity (Wildman–Crippen MR) is 135 cm³/mol. The Kier molecular flexibility index (Phi) is 11.0. The molecule has 2 N–H and O–H groups in total. The molecule has 8 heteroatoms. The lowest BCUT2D eigenvalue weighted by atomic mass is 10.2. The minimum atomic E-state index is 0. The van der Waals surface area contributed by atoms with Crippen LogP contribution in [0, 0.1) is 0 Å². The van der Waals surface area contributed by atoms with E-state index in [1.165, 1.54) is 24.3 Å². The number of aliphatic imine (C=N–C) groups is 1. The lowest BCUT2D eigenvalue weighted by Crippen LogP contribution is -2.49. The number of rotatable bonds is 7. The molecular weight excluding hydrogens is 497 g/mol. The second-order valence-electron chi connectivity index (χ2n) is 7.23. The van der Waals surface area contributed by atoms with E-state index in [0.29, 0.717) is 18.2 Å². The Bertz CT molecular complexity index is 631. The van der Waals surface area contributed by atoms with Crippen molar-refractivity contribution in [1.29, 1.82) is 0 Å². The number of thioether (sulfide) groups is 1. The van der Waals surface area contributed by atoms with Crippen molar-refractivity contribution in [3.8, 4) is 0 Å². The number of halogens is 1. The highest BCUT2D eigenvalue weighted by molar-refractivity contribution is 14.0. The Morgan fingerprint density at radius 1 is 1.17 bits per heavy atom. The molecule has 0 radical (unpaired) electrons. The van der Waals surface area contributed by atoms with Crippen LogP contribution in [0.25, 0.3) is 0 Å². The monoisotopic (exact) mass is 531 g/mol. The van der Waals surface area contributed by atoms with Crippen LogP contribution in [0.1, 0.15) is 26.2 Å². The molecule has 0 aliphatic carbocycles. The summed E-state index contributed by atoms with van der Waals surface area (Å²) in [5, 5.41) is 7.25. The van der Waals surface area contributed by atoms with Crippen LogP contribution in [0.2, 0.25) is 0 Å². The molecule has 1 unspecified atom stereocenters. The zero-order valence-electron chi connectivity index (χ0n) is 17.3. The largest absolute Gasteiger partial charge is 0.368 e. The van der Waals surface area contributed by atoms with Crippen LogP contribution >= 0.6 is 35.7 Å². The van der Waals surface area contributed by atoms with Crippen LogP contribution in [0.4, 0.5) is 5.69 Å². The minimum absolute atomic E-state index is 0. The summed E-state index contributed by atoms with van der Waals surface area (Å²) in [6, 6.07) is 10.4. The second kappa shape index (κ2) is 13.2. The molecule has 3 rings (SSSR count). The number of nitrogens with one attached hydrogen (secondary N) is 2. The number of benzene rings is 1. The maximum atomic E-state index is 12.6. The van der Waals surface area contributed by atoms with E-state index in [0.717, 1.165) is 45.2 Å². The van der Waals surface area contributed by atoms with Gasteiger partial charge in [-0.1, -0.05) is 18.2 Å². The summed E-state index contributed by atoms with van der Waals surface area (Å²) in [7, 11) is 0. The Morgan fingerprint density at radius 3 is 2.59 bits per heavy atom. The average molecular weight is 532 g/mol. The van der Waals surface area contributed by atoms with Gasteiger partial charge in [0, 0.05) is 56.6 Å². The fraction of sp³-hybridized carbons (Fsp3) is 0.619. The predicted octanol–water partition coefficient (Wildman–Crippen LogP) is 2.79. The van der Waals surface area contributed by atoms with Gasteiger partial charge in [0.2, 0.25) is 5.91 Å². The molecule has 2 aliphatic rings. The fourth-order valence-electron chi connectivity index (χ4n) is 3.62. The average Bonchev–Trinajstić information content (AvgIpc) is 3.26. The zero-order chi connectivity index (χ0) is 19.6. The second-order valence-corrected chi connectivity index (χ2v) is 8.64. The SMILES string of the molecule is CCNC(=NCC1CCCS1)NCCC(=O)N1CCN(c2ccccc2)CC1.I. The van der Waals surface area contributed by atoms with Crippen molar-refractivity contribution in [3.05, 3.63) is 30.3 Å². The minimum Gasteiger partial charge on any atom is -0.368 e. The van der Waals surface area contributed by atoms with Gasteiger partial charge >= 0.3 is 0 Å². The van der Waals surface area contributed by atoms with Gasteiger partial charge in [0.1, 0.15) is 0 Å². The number of hydrogen-bond acceptors (Lipinski definition) is 4. The third kappa shape index (κ3) is 7.88. The first kappa shape index (κ1) is 24.1. The first-order valence-corrected chi connectivity index (χ1v) is 11.5. The highest BCUT2D eigenvalue weighted by Gasteiger charge is 2.21. The summed E-state index contributed by atoms with van der Waals surface area (Å²) in [6.45, 7) is 7.76. The van der Waals surface area contributed by atoms with Crippen molar-refractivity contribution >= 4 is 53.3 Å². The molecular formula is C21H34IN5OS. The summed E-state index contributed by atoms with van der Waals surface area (Å²) in [4.78, 5) is 21.6. The lowest BCUT2D eigenvalue weighted by Gasteiger charge is -2.36. The lowest BCUT2D eigenvalue weighted by molar-refractivity contribution is -0.131. The number of nitrogens with zero attached hydrogens (tertiary/aromatic N) is 3. The van der Waals surface area contributed by atoms with E-state index in [1.54, 1.807) is 0 Å². The van der Waals surface area contributed by atoms with Crippen molar-refractivity contribution in [2.45, 2.75) is 31.4 Å². The van der Waals surface area contributed by atoms with Gasteiger partial charge in [-0.3, -0.25) is 9.79 Å².